The van der Waals surface area contributed by atoms with E-state index in [0.717, 1.165) is 11.1 Å². The normalized spacial score (nSPS) is 10.7. The number of nitrogens with zero attached hydrogens (tertiary/aromatic N) is 4. The van der Waals surface area contributed by atoms with Gasteiger partial charge in [-0.2, -0.15) is 9.36 Å². The molecule has 23 heavy (non-hydrogen) atoms. The third-order valence-electron chi connectivity index (χ3n) is 3.54. The highest BCUT2D eigenvalue weighted by Gasteiger charge is 2.13. The van der Waals surface area contributed by atoms with E-state index in [1.807, 2.05) is 19.1 Å². The number of phenols is 1. The van der Waals surface area contributed by atoms with E-state index in [9.17, 15) is 9.90 Å². The molecule has 2 aromatic carbocycles. The summed E-state index contributed by atoms with van der Waals surface area (Å²) in [5.41, 5.74) is 2.11. The standard InChI is InChI=1S/C16H16N4O3/c1-11-5-3-8-15(20-16(22)19(2)17-18-20)14(11)10-23-13-7-4-6-12(21)9-13/h3-9,21H,10H2,1-2H3. The second-order valence-electron chi connectivity index (χ2n) is 5.16. The number of benzene rings is 2. The first-order valence-electron chi connectivity index (χ1n) is 7.06. The van der Waals surface area contributed by atoms with Crippen LogP contribution in [0.4, 0.5) is 0 Å². The maximum Gasteiger partial charge on any atom is 0.368 e. The van der Waals surface area contributed by atoms with Crippen molar-refractivity contribution in [3.8, 4) is 17.2 Å². The largest absolute Gasteiger partial charge is 0.508 e. The van der Waals surface area contributed by atoms with E-state index in [-0.39, 0.29) is 18.0 Å². The molecule has 118 valence electrons. The molecule has 0 unspecified atom stereocenters. The number of hydrogen-bond donors (Lipinski definition) is 1. The van der Waals surface area contributed by atoms with Crippen molar-refractivity contribution in [3.05, 3.63) is 64.1 Å². The van der Waals surface area contributed by atoms with Crippen LogP contribution in [0.15, 0.2) is 47.3 Å². The molecule has 0 aliphatic carbocycles. The van der Waals surface area contributed by atoms with Crippen molar-refractivity contribution in [2.75, 3.05) is 0 Å². The number of aromatic nitrogens is 4. The molecule has 7 heteroatoms. The van der Waals surface area contributed by atoms with Gasteiger partial charge >= 0.3 is 5.69 Å². The van der Waals surface area contributed by atoms with E-state index in [1.54, 1.807) is 31.3 Å². The Hall–Kier alpha value is -3.09. The molecule has 0 atom stereocenters. The molecule has 1 heterocycles. The van der Waals surface area contributed by atoms with Crippen molar-refractivity contribution in [3.63, 3.8) is 0 Å². The molecule has 0 radical (unpaired) electrons. The van der Waals surface area contributed by atoms with Crippen LogP contribution in [-0.4, -0.2) is 24.9 Å². The Bertz CT molecular complexity index is 898. The van der Waals surface area contributed by atoms with Crippen molar-refractivity contribution >= 4 is 0 Å². The fourth-order valence-corrected chi connectivity index (χ4v) is 2.27. The molecular formula is C16H16N4O3. The van der Waals surface area contributed by atoms with Gasteiger partial charge in [0, 0.05) is 18.7 Å². The third-order valence-corrected chi connectivity index (χ3v) is 3.54. The molecule has 3 rings (SSSR count). The summed E-state index contributed by atoms with van der Waals surface area (Å²) in [7, 11) is 1.55. The van der Waals surface area contributed by atoms with E-state index in [0.29, 0.717) is 11.4 Å². The summed E-state index contributed by atoms with van der Waals surface area (Å²) in [5.74, 6) is 0.684. The van der Waals surface area contributed by atoms with Crippen molar-refractivity contribution in [2.24, 2.45) is 7.05 Å². The minimum atomic E-state index is -0.325. The average Bonchev–Trinajstić information content (AvgIpc) is 2.86. The van der Waals surface area contributed by atoms with Gasteiger partial charge in [0.1, 0.15) is 18.1 Å². The summed E-state index contributed by atoms with van der Waals surface area (Å²) in [6.07, 6.45) is 0. The molecule has 0 aliphatic heterocycles. The number of hydrogen-bond acceptors (Lipinski definition) is 5. The summed E-state index contributed by atoms with van der Waals surface area (Å²) < 4.78 is 8.15. The first-order valence-corrected chi connectivity index (χ1v) is 7.06. The molecule has 1 aromatic heterocycles. The molecule has 0 saturated heterocycles. The summed E-state index contributed by atoms with van der Waals surface area (Å²) in [4.78, 5) is 12.1. The summed E-state index contributed by atoms with van der Waals surface area (Å²) in [5, 5.41) is 17.1. The summed E-state index contributed by atoms with van der Waals surface area (Å²) in [6.45, 7) is 2.18. The Morgan fingerprint density at radius 3 is 2.65 bits per heavy atom. The number of aryl methyl sites for hydroxylation is 2. The highest BCUT2D eigenvalue weighted by Crippen LogP contribution is 2.22. The molecule has 0 bridgehead atoms. The minimum Gasteiger partial charge on any atom is -0.508 e. The van der Waals surface area contributed by atoms with E-state index in [1.165, 1.54) is 15.4 Å². The van der Waals surface area contributed by atoms with Crippen molar-refractivity contribution in [2.45, 2.75) is 13.5 Å². The van der Waals surface area contributed by atoms with E-state index >= 15 is 0 Å². The smallest absolute Gasteiger partial charge is 0.368 e. The molecule has 3 aromatic rings. The Kier molecular flexibility index (Phi) is 3.84. The predicted molar refractivity (Wildman–Crippen MR) is 83.8 cm³/mol. The average molecular weight is 312 g/mol. The monoisotopic (exact) mass is 312 g/mol. The van der Waals surface area contributed by atoms with Crippen LogP contribution in [0.2, 0.25) is 0 Å². The molecule has 0 fully saturated rings. The third kappa shape index (κ3) is 2.94. The molecule has 0 spiro atoms. The van der Waals surface area contributed by atoms with Gasteiger partial charge in [-0.15, -0.1) is 0 Å². The lowest BCUT2D eigenvalue weighted by Gasteiger charge is -2.13. The lowest BCUT2D eigenvalue weighted by Crippen LogP contribution is -2.23. The van der Waals surface area contributed by atoms with Gasteiger partial charge in [-0.05, 0) is 41.1 Å². The van der Waals surface area contributed by atoms with Crippen molar-refractivity contribution in [1.82, 2.24) is 19.8 Å². The van der Waals surface area contributed by atoms with Gasteiger partial charge in [-0.25, -0.2) is 4.79 Å². The van der Waals surface area contributed by atoms with Crippen LogP contribution >= 0.6 is 0 Å². The fourth-order valence-electron chi connectivity index (χ4n) is 2.27. The first kappa shape index (κ1) is 14.8. The number of tetrazole rings is 1. The zero-order valence-corrected chi connectivity index (χ0v) is 12.8. The Balaban J connectivity index is 1.96. The zero-order valence-electron chi connectivity index (χ0n) is 12.8. The molecule has 0 amide bonds. The van der Waals surface area contributed by atoms with Crippen LogP contribution in [0.5, 0.6) is 11.5 Å². The maximum absolute atomic E-state index is 12.1. The summed E-state index contributed by atoms with van der Waals surface area (Å²) >= 11 is 0. The molecule has 7 nitrogen and oxygen atoms in total. The first-order chi connectivity index (χ1) is 11.1. The van der Waals surface area contributed by atoms with Crippen LogP contribution in [-0.2, 0) is 13.7 Å². The highest BCUT2D eigenvalue weighted by molar-refractivity contribution is 5.45. The molecule has 1 N–H and O–H groups in total. The van der Waals surface area contributed by atoms with Gasteiger partial charge in [0.25, 0.3) is 0 Å². The minimum absolute atomic E-state index is 0.137. The van der Waals surface area contributed by atoms with E-state index in [2.05, 4.69) is 10.4 Å². The van der Waals surface area contributed by atoms with E-state index < -0.39 is 0 Å². The van der Waals surface area contributed by atoms with Gasteiger partial charge in [-0.1, -0.05) is 18.2 Å². The van der Waals surface area contributed by atoms with Crippen LogP contribution in [0.3, 0.4) is 0 Å². The summed E-state index contributed by atoms with van der Waals surface area (Å²) in [6, 6.07) is 12.2. The lowest BCUT2D eigenvalue weighted by atomic mass is 10.1. The fraction of sp³-hybridized carbons (Fsp3) is 0.188. The molecular weight excluding hydrogens is 296 g/mol. The Labute approximate surface area is 132 Å². The van der Waals surface area contributed by atoms with Crippen LogP contribution < -0.4 is 10.4 Å². The quantitative estimate of drug-likeness (QED) is 0.790. The maximum atomic E-state index is 12.1. The number of aromatic hydroxyl groups is 1. The van der Waals surface area contributed by atoms with E-state index in [4.69, 9.17) is 4.74 Å². The van der Waals surface area contributed by atoms with Crippen LogP contribution in [0.1, 0.15) is 11.1 Å². The SMILES string of the molecule is Cc1cccc(-n2nnn(C)c2=O)c1COc1cccc(O)c1. The number of rotatable bonds is 4. The van der Waals surface area contributed by atoms with Gasteiger partial charge in [-0.3, -0.25) is 0 Å². The molecule has 0 aliphatic rings. The van der Waals surface area contributed by atoms with Gasteiger partial charge < -0.3 is 9.84 Å². The van der Waals surface area contributed by atoms with Crippen LogP contribution in [0, 0.1) is 6.92 Å². The van der Waals surface area contributed by atoms with Crippen molar-refractivity contribution < 1.29 is 9.84 Å². The second-order valence-corrected chi connectivity index (χ2v) is 5.16. The number of ether oxygens (including phenoxy) is 1. The van der Waals surface area contributed by atoms with Crippen molar-refractivity contribution in [1.29, 1.82) is 0 Å². The number of phenolic OH excluding ortho intramolecular Hbond substituents is 1. The topological polar surface area (TPSA) is 82.2 Å². The van der Waals surface area contributed by atoms with Gasteiger partial charge in [0.2, 0.25) is 0 Å². The lowest BCUT2D eigenvalue weighted by molar-refractivity contribution is 0.303. The predicted octanol–water partition coefficient (Wildman–Crippen LogP) is 1.56. The van der Waals surface area contributed by atoms with Gasteiger partial charge in [0.15, 0.2) is 0 Å². The van der Waals surface area contributed by atoms with Crippen LogP contribution in [0.25, 0.3) is 5.69 Å². The Morgan fingerprint density at radius 2 is 1.96 bits per heavy atom. The zero-order chi connectivity index (χ0) is 16.4. The second kappa shape index (κ2) is 5.96. The molecule has 0 saturated carbocycles. The highest BCUT2D eigenvalue weighted by atomic mass is 16.5. The Morgan fingerprint density at radius 1 is 1.17 bits per heavy atom. The van der Waals surface area contributed by atoms with Gasteiger partial charge in [0.05, 0.1) is 5.69 Å².